The van der Waals surface area contributed by atoms with Crippen LogP contribution in [0, 0.1) is 23.7 Å². The molecule has 0 saturated heterocycles. The fourth-order valence-corrected chi connectivity index (χ4v) is 5.32. The third kappa shape index (κ3) is 2.52. The summed E-state index contributed by atoms with van der Waals surface area (Å²) >= 11 is 0. The average Bonchev–Trinajstić information content (AvgIpc) is 2.50. The Balaban J connectivity index is 1.44. The zero-order valence-electron chi connectivity index (χ0n) is 13.0. The van der Waals surface area contributed by atoms with E-state index in [1.165, 1.54) is 43.2 Å². The van der Waals surface area contributed by atoms with Gasteiger partial charge in [-0.3, -0.25) is 0 Å². The predicted octanol–water partition coefficient (Wildman–Crippen LogP) is 5.06. The van der Waals surface area contributed by atoms with Crippen LogP contribution in [-0.4, -0.2) is 6.10 Å². The van der Waals surface area contributed by atoms with Crippen LogP contribution >= 0.6 is 0 Å². The zero-order valence-corrected chi connectivity index (χ0v) is 13.0. The summed E-state index contributed by atoms with van der Waals surface area (Å²) in [6, 6.07) is 8.63. The lowest BCUT2D eigenvalue weighted by Gasteiger charge is -2.53. The number of hydrogen-bond donors (Lipinski definition) is 0. The van der Waals surface area contributed by atoms with Crippen molar-refractivity contribution >= 4 is 6.08 Å². The highest BCUT2D eigenvalue weighted by Gasteiger charge is 2.49. The first-order valence-corrected chi connectivity index (χ1v) is 8.73. The van der Waals surface area contributed by atoms with Crippen molar-refractivity contribution in [2.75, 3.05) is 0 Å². The van der Waals surface area contributed by atoms with Crippen molar-refractivity contribution in [3.05, 3.63) is 41.7 Å². The molecule has 4 aliphatic rings. The van der Waals surface area contributed by atoms with E-state index in [1.54, 1.807) is 0 Å². The van der Waals surface area contributed by atoms with Crippen LogP contribution in [0.15, 0.2) is 30.5 Å². The molecule has 4 fully saturated rings. The lowest BCUT2D eigenvalue weighted by atomic mass is 9.55. The molecular weight excluding hydrogens is 256 g/mol. The molecule has 0 heterocycles. The minimum atomic E-state index is 0.503. The van der Waals surface area contributed by atoms with Crippen molar-refractivity contribution in [1.82, 2.24) is 0 Å². The van der Waals surface area contributed by atoms with Gasteiger partial charge in [0.2, 0.25) is 0 Å². The molecule has 4 saturated carbocycles. The second-order valence-corrected chi connectivity index (χ2v) is 7.39. The summed E-state index contributed by atoms with van der Waals surface area (Å²) in [5.74, 6) is 3.73. The van der Waals surface area contributed by atoms with Gasteiger partial charge in [0.1, 0.15) is 6.10 Å². The Labute approximate surface area is 128 Å². The molecule has 1 aromatic carbocycles. The number of benzene rings is 1. The predicted molar refractivity (Wildman–Crippen MR) is 86.8 cm³/mol. The molecule has 0 radical (unpaired) electrons. The van der Waals surface area contributed by atoms with Gasteiger partial charge in [-0.2, -0.15) is 0 Å². The molecule has 112 valence electrons. The fraction of sp³-hybridized carbons (Fsp3) is 0.600. The molecule has 0 amide bonds. The Morgan fingerprint density at radius 2 is 1.67 bits per heavy atom. The summed E-state index contributed by atoms with van der Waals surface area (Å²) < 4.78 is 6.24. The summed E-state index contributed by atoms with van der Waals surface area (Å²) in [7, 11) is 0. The van der Waals surface area contributed by atoms with E-state index in [4.69, 9.17) is 4.74 Å². The molecule has 1 heteroatoms. The van der Waals surface area contributed by atoms with Gasteiger partial charge in [-0.25, -0.2) is 0 Å². The van der Waals surface area contributed by atoms with Gasteiger partial charge in [-0.15, -0.1) is 0 Å². The van der Waals surface area contributed by atoms with E-state index in [0.29, 0.717) is 6.10 Å². The third-order valence-electron chi connectivity index (χ3n) is 6.06. The molecule has 0 spiro atoms. The molecule has 0 aromatic heterocycles. The molecule has 21 heavy (non-hydrogen) atoms. The summed E-state index contributed by atoms with van der Waals surface area (Å²) in [5.41, 5.74) is 2.71. The topological polar surface area (TPSA) is 9.23 Å². The van der Waals surface area contributed by atoms with Crippen molar-refractivity contribution in [3.8, 4) is 0 Å². The van der Waals surface area contributed by atoms with Crippen molar-refractivity contribution in [2.24, 2.45) is 23.7 Å². The highest BCUT2D eigenvalue weighted by molar-refractivity contribution is 5.52. The van der Waals surface area contributed by atoms with Crippen LogP contribution in [0.25, 0.3) is 6.08 Å². The number of hydrogen-bond acceptors (Lipinski definition) is 1. The van der Waals surface area contributed by atoms with Crippen molar-refractivity contribution < 1.29 is 4.74 Å². The van der Waals surface area contributed by atoms with Gasteiger partial charge in [-0.05, 0) is 79.4 Å². The van der Waals surface area contributed by atoms with E-state index in [1.807, 2.05) is 6.26 Å². The number of aryl methyl sites for hydroxylation is 1. The lowest BCUT2D eigenvalue weighted by molar-refractivity contribution is -0.0968. The smallest absolute Gasteiger partial charge is 0.103 e. The molecule has 5 rings (SSSR count). The van der Waals surface area contributed by atoms with Crippen molar-refractivity contribution in [2.45, 2.75) is 51.6 Å². The van der Waals surface area contributed by atoms with Gasteiger partial charge in [-0.1, -0.05) is 31.2 Å². The maximum absolute atomic E-state index is 6.24. The first-order valence-electron chi connectivity index (χ1n) is 8.73. The standard InChI is InChI=1S/C20H26O/c1-2-16-5-3-4-6-17(16)7-8-21-20-18-10-14-9-15(12-18)13-19(20)11-14/h3-8,14-15,18-20H,2,9-13H2,1H3. The van der Waals surface area contributed by atoms with E-state index in [9.17, 15) is 0 Å². The molecule has 0 atom stereocenters. The van der Waals surface area contributed by atoms with Gasteiger partial charge in [0, 0.05) is 0 Å². The van der Waals surface area contributed by atoms with Crippen LogP contribution in [0.2, 0.25) is 0 Å². The molecule has 1 nitrogen and oxygen atoms in total. The SMILES string of the molecule is CCc1ccccc1C=COC1C2CC3CC(C2)CC1C3. The second kappa shape index (κ2) is 5.51. The Kier molecular flexibility index (Phi) is 3.52. The van der Waals surface area contributed by atoms with E-state index in [-0.39, 0.29) is 0 Å². The summed E-state index contributed by atoms with van der Waals surface area (Å²) in [5, 5.41) is 0. The highest BCUT2D eigenvalue weighted by Crippen LogP contribution is 2.54. The van der Waals surface area contributed by atoms with Gasteiger partial charge in [0.15, 0.2) is 0 Å². The van der Waals surface area contributed by atoms with Crippen LogP contribution in [0.1, 0.15) is 50.2 Å². The summed E-state index contributed by atoms with van der Waals surface area (Å²) in [6.07, 6.45) is 13.0. The fourth-order valence-electron chi connectivity index (χ4n) is 5.32. The quantitative estimate of drug-likeness (QED) is 0.701. The lowest BCUT2D eigenvalue weighted by Crippen LogP contribution is -2.48. The Morgan fingerprint density at radius 1 is 1.00 bits per heavy atom. The first kappa shape index (κ1) is 13.4. The van der Waals surface area contributed by atoms with E-state index in [2.05, 4.69) is 37.3 Å². The Bertz CT molecular complexity index is 502. The van der Waals surface area contributed by atoms with Gasteiger partial charge < -0.3 is 4.74 Å². The minimum absolute atomic E-state index is 0.503. The van der Waals surface area contributed by atoms with Gasteiger partial charge >= 0.3 is 0 Å². The molecular formula is C20H26O. The molecule has 0 unspecified atom stereocenters. The first-order chi connectivity index (χ1) is 10.3. The molecule has 4 bridgehead atoms. The van der Waals surface area contributed by atoms with Crippen LogP contribution in [0.3, 0.4) is 0 Å². The van der Waals surface area contributed by atoms with Gasteiger partial charge in [0.05, 0.1) is 6.26 Å². The molecule has 4 aliphatic carbocycles. The zero-order chi connectivity index (χ0) is 14.2. The van der Waals surface area contributed by atoms with Crippen molar-refractivity contribution in [3.63, 3.8) is 0 Å². The van der Waals surface area contributed by atoms with E-state index < -0.39 is 0 Å². The van der Waals surface area contributed by atoms with E-state index in [0.717, 1.165) is 30.1 Å². The number of rotatable bonds is 4. The van der Waals surface area contributed by atoms with Gasteiger partial charge in [0.25, 0.3) is 0 Å². The second-order valence-electron chi connectivity index (χ2n) is 7.39. The molecule has 1 aromatic rings. The largest absolute Gasteiger partial charge is 0.497 e. The van der Waals surface area contributed by atoms with Crippen LogP contribution in [-0.2, 0) is 11.2 Å². The minimum Gasteiger partial charge on any atom is -0.497 e. The molecule has 0 aliphatic heterocycles. The average molecular weight is 282 g/mol. The van der Waals surface area contributed by atoms with Crippen LogP contribution in [0.5, 0.6) is 0 Å². The monoisotopic (exact) mass is 282 g/mol. The van der Waals surface area contributed by atoms with Crippen molar-refractivity contribution in [1.29, 1.82) is 0 Å². The Hall–Kier alpha value is -1.24. The number of ether oxygens (including phenoxy) is 1. The maximum atomic E-state index is 6.24. The molecule has 0 N–H and O–H groups in total. The maximum Gasteiger partial charge on any atom is 0.103 e. The van der Waals surface area contributed by atoms with Crippen LogP contribution in [0.4, 0.5) is 0 Å². The summed E-state index contributed by atoms with van der Waals surface area (Å²) in [4.78, 5) is 0. The highest BCUT2D eigenvalue weighted by atomic mass is 16.5. The summed E-state index contributed by atoms with van der Waals surface area (Å²) in [6.45, 7) is 2.21. The third-order valence-corrected chi connectivity index (χ3v) is 6.06. The van der Waals surface area contributed by atoms with E-state index >= 15 is 0 Å². The normalized spacial score (nSPS) is 37.3. The Morgan fingerprint density at radius 3 is 2.33 bits per heavy atom. The van der Waals surface area contributed by atoms with Crippen LogP contribution < -0.4 is 0 Å².